The Morgan fingerprint density at radius 3 is 2.46 bits per heavy atom. The number of fused-ring (bicyclic) bond motifs is 3. The minimum absolute atomic E-state index is 0.466. The van der Waals surface area contributed by atoms with Crippen LogP contribution in [0.15, 0.2) is 24.3 Å². The third-order valence-electron chi connectivity index (χ3n) is 5.53. The smallest absolute Gasteiger partial charge is 0.132 e. The van der Waals surface area contributed by atoms with E-state index in [4.69, 9.17) is 10.7 Å². The Balaban J connectivity index is 1.67. The van der Waals surface area contributed by atoms with E-state index in [0.717, 1.165) is 23.7 Å². The Kier molecular flexibility index (Phi) is 6.98. The summed E-state index contributed by atoms with van der Waals surface area (Å²) in [5.41, 5.74) is 9.21. The van der Waals surface area contributed by atoms with Gasteiger partial charge in [-0.25, -0.2) is 4.98 Å². The van der Waals surface area contributed by atoms with Crippen molar-refractivity contribution in [1.29, 1.82) is 0 Å². The highest BCUT2D eigenvalue weighted by atomic mass is 32.1. The van der Waals surface area contributed by atoms with E-state index in [-0.39, 0.29) is 0 Å². The molecule has 0 aliphatic carbocycles. The molecule has 0 radical (unpaired) electrons. The van der Waals surface area contributed by atoms with Gasteiger partial charge < -0.3 is 5.73 Å². The lowest BCUT2D eigenvalue weighted by Crippen LogP contribution is -2.03. The molecular formula is C25H36N2S. The third kappa shape index (κ3) is 5.47. The van der Waals surface area contributed by atoms with Crippen molar-refractivity contribution < 1.29 is 0 Å². The lowest BCUT2D eigenvalue weighted by atomic mass is 9.89. The molecule has 0 aliphatic heterocycles. The lowest BCUT2D eigenvalue weighted by molar-refractivity contribution is 0.357. The van der Waals surface area contributed by atoms with E-state index in [0.29, 0.717) is 11.2 Å². The molecule has 2 nitrogen and oxygen atoms in total. The zero-order chi connectivity index (χ0) is 20.1. The van der Waals surface area contributed by atoms with Crippen molar-refractivity contribution >= 4 is 38.1 Å². The molecule has 0 bridgehead atoms. The fourth-order valence-electron chi connectivity index (χ4n) is 3.85. The van der Waals surface area contributed by atoms with Crippen LogP contribution in [0.4, 0.5) is 5.82 Å². The average molecular weight is 397 g/mol. The molecule has 28 heavy (non-hydrogen) atoms. The van der Waals surface area contributed by atoms with Crippen molar-refractivity contribution in [3.05, 3.63) is 34.7 Å². The van der Waals surface area contributed by atoms with Gasteiger partial charge in [0.1, 0.15) is 5.82 Å². The predicted octanol–water partition coefficient (Wildman–Crippen LogP) is 7.91. The van der Waals surface area contributed by atoms with Gasteiger partial charge in [0.2, 0.25) is 0 Å². The summed E-state index contributed by atoms with van der Waals surface area (Å²) in [4.78, 5) is 6.16. The number of nitrogens with two attached hydrogens (primary N) is 1. The van der Waals surface area contributed by atoms with Gasteiger partial charge in [-0.15, -0.1) is 11.3 Å². The van der Waals surface area contributed by atoms with Gasteiger partial charge in [0, 0.05) is 20.3 Å². The molecule has 3 heteroatoms. The molecule has 0 amide bonds. The lowest BCUT2D eigenvalue weighted by Gasteiger charge is -2.17. The van der Waals surface area contributed by atoms with Crippen LogP contribution in [0.25, 0.3) is 21.0 Å². The Morgan fingerprint density at radius 1 is 0.929 bits per heavy atom. The monoisotopic (exact) mass is 396 g/mol. The van der Waals surface area contributed by atoms with E-state index in [9.17, 15) is 0 Å². The van der Waals surface area contributed by atoms with Crippen molar-refractivity contribution in [2.75, 3.05) is 5.73 Å². The predicted molar refractivity (Wildman–Crippen MR) is 126 cm³/mol. The van der Waals surface area contributed by atoms with Crippen molar-refractivity contribution in [2.45, 2.75) is 85.5 Å². The first-order chi connectivity index (χ1) is 13.4. The summed E-state index contributed by atoms with van der Waals surface area (Å²) in [5, 5.41) is 2.39. The number of rotatable bonds is 9. The summed E-state index contributed by atoms with van der Waals surface area (Å²) in [7, 11) is 0. The summed E-state index contributed by atoms with van der Waals surface area (Å²) < 4.78 is 1.31. The van der Waals surface area contributed by atoms with Crippen LogP contribution in [0.5, 0.6) is 0 Å². The molecule has 0 spiro atoms. The van der Waals surface area contributed by atoms with E-state index in [2.05, 4.69) is 52.0 Å². The molecule has 1 aromatic carbocycles. The van der Waals surface area contributed by atoms with Gasteiger partial charge in [-0.2, -0.15) is 0 Å². The van der Waals surface area contributed by atoms with E-state index >= 15 is 0 Å². The molecule has 0 fully saturated rings. The van der Waals surface area contributed by atoms with Gasteiger partial charge in [-0.3, -0.25) is 0 Å². The Hall–Kier alpha value is -1.61. The van der Waals surface area contributed by atoms with Crippen molar-refractivity contribution in [3.8, 4) is 0 Å². The molecule has 2 heterocycles. The highest BCUT2D eigenvalue weighted by Crippen LogP contribution is 2.36. The quantitative estimate of drug-likeness (QED) is 0.373. The molecule has 2 aromatic heterocycles. The Morgan fingerprint density at radius 2 is 1.71 bits per heavy atom. The number of nitrogen functional groups attached to an aromatic ring is 1. The second-order valence-electron chi connectivity index (χ2n) is 9.38. The number of hydrogen-bond donors (Lipinski definition) is 1. The van der Waals surface area contributed by atoms with E-state index in [1.165, 1.54) is 65.5 Å². The van der Waals surface area contributed by atoms with Crippen molar-refractivity contribution in [2.24, 2.45) is 5.41 Å². The molecule has 3 rings (SSSR count). The van der Waals surface area contributed by atoms with Crippen LogP contribution >= 0.6 is 11.3 Å². The van der Waals surface area contributed by atoms with Gasteiger partial charge in [-0.05, 0) is 55.2 Å². The number of anilines is 1. The molecule has 0 aliphatic rings. The van der Waals surface area contributed by atoms with Gasteiger partial charge in [0.15, 0.2) is 0 Å². The van der Waals surface area contributed by atoms with Crippen LogP contribution in [0.2, 0.25) is 0 Å². The van der Waals surface area contributed by atoms with E-state index in [1.807, 2.05) is 11.3 Å². The van der Waals surface area contributed by atoms with Crippen LogP contribution in [0.3, 0.4) is 0 Å². The van der Waals surface area contributed by atoms with Crippen LogP contribution in [0, 0.1) is 5.41 Å². The Labute approximate surface area is 174 Å². The highest BCUT2D eigenvalue weighted by Gasteiger charge is 2.12. The maximum atomic E-state index is 6.30. The Bertz CT molecular complexity index is 918. The summed E-state index contributed by atoms with van der Waals surface area (Å²) in [6.45, 7) is 9.24. The number of aromatic nitrogens is 1. The number of aryl methyl sites for hydroxylation is 2. The first kappa shape index (κ1) is 21.1. The number of pyridine rings is 1. The highest BCUT2D eigenvalue weighted by molar-refractivity contribution is 7.20. The third-order valence-corrected chi connectivity index (χ3v) is 6.75. The van der Waals surface area contributed by atoms with Crippen LogP contribution in [-0.2, 0) is 12.8 Å². The molecule has 0 saturated carbocycles. The number of thiophene rings is 1. The zero-order valence-electron chi connectivity index (χ0n) is 18.1. The minimum Gasteiger partial charge on any atom is -0.383 e. The number of unbranched alkanes of at least 4 members (excludes halogenated alkanes) is 4. The number of hydrogen-bond acceptors (Lipinski definition) is 3. The van der Waals surface area contributed by atoms with Gasteiger partial charge in [0.05, 0.1) is 5.52 Å². The topological polar surface area (TPSA) is 38.9 Å². The average Bonchev–Trinajstić information content (AvgIpc) is 3.07. The van der Waals surface area contributed by atoms with Gasteiger partial charge in [0.25, 0.3) is 0 Å². The fourth-order valence-corrected chi connectivity index (χ4v) is 5.09. The maximum absolute atomic E-state index is 6.30. The number of benzene rings is 1. The summed E-state index contributed by atoms with van der Waals surface area (Å²) in [5.74, 6) is 0.681. The molecule has 0 saturated heterocycles. The molecule has 152 valence electrons. The largest absolute Gasteiger partial charge is 0.383 e. The van der Waals surface area contributed by atoms with Gasteiger partial charge >= 0.3 is 0 Å². The maximum Gasteiger partial charge on any atom is 0.132 e. The fraction of sp³-hybridized carbons (Fsp3) is 0.560. The SMILES string of the molecule is CCCCc1cc2c(N)nc3cc(CCCCCCC(C)(C)C)ccc3c2s1. The first-order valence-electron chi connectivity index (χ1n) is 11.0. The van der Waals surface area contributed by atoms with Crippen molar-refractivity contribution in [3.63, 3.8) is 0 Å². The summed E-state index contributed by atoms with van der Waals surface area (Å²) >= 11 is 1.90. The van der Waals surface area contributed by atoms with Gasteiger partial charge in [-0.1, -0.05) is 65.5 Å². The van der Waals surface area contributed by atoms with Crippen LogP contribution in [-0.4, -0.2) is 4.98 Å². The zero-order valence-corrected chi connectivity index (χ0v) is 18.9. The standard InChI is InChI=1S/C25H36N2S/c1-5-6-12-19-17-21-23(28-19)20-14-13-18(16-22(20)27-24(21)26)11-9-7-8-10-15-25(2,3)4/h13-14,16-17H,5-12,15H2,1-4H3,(H2,26,27). The molecule has 2 N–H and O–H groups in total. The van der Waals surface area contributed by atoms with E-state index < -0.39 is 0 Å². The van der Waals surface area contributed by atoms with Crippen molar-refractivity contribution in [1.82, 2.24) is 4.98 Å². The van der Waals surface area contributed by atoms with Crippen LogP contribution < -0.4 is 5.73 Å². The second kappa shape index (κ2) is 9.26. The molecule has 0 unspecified atom stereocenters. The minimum atomic E-state index is 0.466. The molecule has 3 aromatic rings. The van der Waals surface area contributed by atoms with Crippen LogP contribution in [0.1, 0.15) is 83.1 Å². The number of nitrogens with zero attached hydrogens (tertiary/aromatic N) is 1. The second-order valence-corrected chi connectivity index (χ2v) is 10.5. The summed E-state index contributed by atoms with van der Waals surface area (Å²) in [6, 6.07) is 9.06. The normalized spacial score (nSPS) is 12.3. The van der Waals surface area contributed by atoms with E-state index in [1.54, 1.807) is 0 Å². The molecular weight excluding hydrogens is 360 g/mol. The summed E-state index contributed by atoms with van der Waals surface area (Å²) in [6.07, 6.45) is 11.3. The molecule has 0 atom stereocenters. The first-order valence-corrected chi connectivity index (χ1v) is 11.8.